The molecule has 1 atom stereocenters. The van der Waals surface area contributed by atoms with Gasteiger partial charge in [0.2, 0.25) is 0 Å². The molecule has 88 valence electrons. The van der Waals surface area contributed by atoms with Crippen LogP contribution in [0, 0.1) is 0 Å². The molecule has 1 unspecified atom stereocenters. The predicted octanol–water partition coefficient (Wildman–Crippen LogP) is 4.24. The van der Waals surface area contributed by atoms with Crippen molar-refractivity contribution < 1.29 is 0 Å². The van der Waals surface area contributed by atoms with Crippen molar-refractivity contribution in [1.82, 2.24) is 0 Å². The van der Waals surface area contributed by atoms with E-state index in [9.17, 15) is 0 Å². The van der Waals surface area contributed by atoms with Crippen molar-refractivity contribution in [2.45, 2.75) is 12.5 Å². The second-order valence-corrected chi connectivity index (χ2v) is 4.86. The number of rotatable bonds is 3. The van der Waals surface area contributed by atoms with Crippen LogP contribution in [0.25, 0.3) is 0 Å². The Kier molecular flexibility index (Phi) is 4.06. The monoisotopic (exact) mass is 265 g/mol. The van der Waals surface area contributed by atoms with E-state index in [1.54, 1.807) is 0 Å². The molecule has 2 aromatic carbocycles. The first kappa shape index (κ1) is 12.4. The Hall–Kier alpha value is -1.02. The number of benzene rings is 2. The molecule has 0 saturated carbocycles. The maximum atomic E-state index is 6.14. The van der Waals surface area contributed by atoms with E-state index in [-0.39, 0.29) is 6.04 Å². The van der Waals surface area contributed by atoms with Crippen LogP contribution in [0.4, 0.5) is 0 Å². The summed E-state index contributed by atoms with van der Waals surface area (Å²) in [4.78, 5) is 0. The second kappa shape index (κ2) is 5.54. The first-order chi connectivity index (χ1) is 8.15. The van der Waals surface area contributed by atoms with Gasteiger partial charge in [0.15, 0.2) is 0 Å². The first-order valence-corrected chi connectivity index (χ1v) is 6.16. The summed E-state index contributed by atoms with van der Waals surface area (Å²) in [6.07, 6.45) is 0.766. The molecule has 1 nitrogen and oxygen atoms in total. The fourth-order valence-corrected chi connectivity index (χ4v) is 2.08. The number of hydrogen-bond acceptors (Lipinski definition) is 1. The van der Waals surface area contributed by atoms with Crippen LogP contribution < -0.4 is 5.73 Å². The largest absolute Gasteiger partial charge is 0.324 e. The highest BCUT2D eigenvalue weighted by Crippen LogP contribution is 2.20. The second-order valence-electron chi connectivity index (χ2n) is 3.99. The highest BCUT2D eigenvalue weighted by atomic mass is 35.5. The van der Waals surface area contributed by atoms with Crippen molar-refractivity contribution >= 4 is 23.2 Å². The van der Waals surface area contributed by atoms with Gasteiger partial charge in [0.05, 0.1) is 0 Å². The highest BCUT2D eigenvalue weighted by Gasteiger charge is 2.07. The van der Waals surface area contributed by atoms with E-state index in [4.69, 9.17) is 28.9 Å². The quantitative estimate of drug-likeness (QED) is 0.883. The molecule has 0 aliphatic heterocycles. The topological polar surface area (TPSA) is 26.0 Å². The van der Waals surface area contributed by atoms with Gasteiger partial charge in [0.25, 0.3) is 0 Å². The minimum absolute atomic E-state index is 0.0364. The van der Waals surface area contributed by atoms with Gasteiger partial charge in [0.1, 0.15) is 0 Å². The molecule has 2 rings (SSSR count). The molecule has 0 saturated heterocycles. The van der Waals surface area contributed by atoms with E-state index in [1.165, 1.54) is 0 Å². The Morgan fingerprint density at radius 3 is 2.29 bits per heavy atom. The normalized spacial score (nSPS) is 12.4. The van der Waals surface area contributed by atoms with E-state index < -0.39 is 0 Å². The van der Waals surface area contributed by atoms with Gasteiger partial charge in [-0.1, -0.05) is 47.5 Å². The van der Waals surface area contributed by atoms with Gasteiger partial charge in [-0.05, 0) is 41.8 Å². The molecule has 0 aliphatic carbocycles. The summed E-state index contributed by atoms with van der Waals surface area (Å²) in [5.41, 5.74) is 8.36. The van der Waals surface area contributed by atoms with E-state index >= 15 is 0 Å². The molecule has 0 amide bonds. The lowest BCUT2D eigenvalue weighted by molar-refractivity contribution is 0.722. The SMILES string of the molecule is NC(Cc1cccc(Cl)c1)c1ccc(Cl)cc1. The Morgan fingerprint density at radius 1 is 0.941 bits per heavy atom. The maximum absolute atomic E-state index is 6.14. The molecule has 0 spiro atoms. The Bertz CT molecular complexity index is 494. The van der Waals surface area contributed by atoms with Crippen LogP contribution in [0.3, 0.4) is 0 Å². The molecule has 2 aromatic rings. The van der Waals surface area contributed by atoms with Crippen LogP contribution >= 0.6 is 23.2 Å². The summed E-state index contributed by atoms with van der Waals surface area (Å²) < 4.78 is 0. The molecule has 0 heterocycles. The van der Waals surface area contributed by atoms with Gasteiger partial charge in [-0.3, -0.25) is 0 Å². The Morgan fingerprint density at radius 2 is 1.65 bits per heavy atom. The third-order valence-electron chi connectivity index (χ3n) is 2.64. The van der Waals surface area contributed by atoms with Crippen molar-refractivity contribution in [3.8, 4) is 0 Å². The van der Waals surface area contributed by atoms with E-state index in [0.29, 0.717) is 0 Å². The predicted molar refractivity (Wildman–Crippen MR) is 73.5 cm³/mol. The van der Waals surface area contributed by atoms with Crippen molar-refractivity contribution in [3.63, 3.8) is 0 Å². The molecule has 0 radical (unpaired) electrons. The molecule has 0 bridgehead atoms. The van der Waals surface area contributed by atoms with E-state index in [1.807, 2.05) is 48.5 Å². The lowest BCUT2D eigenvalue weighted by Gasteiger charge is -2.12. The van der Waals surface area contributed by atoms with Gasteiger partial charge in [-0.25, -0.2) is 0 Å². The molecule has 0 aromatic heterocycles. The van der Waals surface area contributed by atoms with Crippen molar-refractivity contribution in [2.24, 2.45) is 5.73 Å². The summed E-state index contributed by atoms with van der Waals surface area (Å²) in [6.45, 7) is 0. The fourth-order valence-electron chi connectivity index (χ4n) is 1.75. The molecule has 2 N–H and O–H groups in total. The van der Waals surface area contributed by atoms with Crippen LogP contribution in [-0.2, 0) is 6.42 Å². The third kappa shape index (κ3) is 3.47. The van der Waals surface area contributed by atoms with E-state index in [2.05, 4.69) is 0 Å². The number of halogens is 2. The lowest BCUT2D eigenvalue weighted by atomic mass is 10.00. The molecule has 3 heteroatoms. The smallest absolute Gasteiger partial charge is 0.0408 e. The average molecular weight is 266 g/mol. The van der Waals surface area contributed by atoms with Gasteiger partial charge in [0, 0.05) is 16.1 Å². The number of nitrogens with two attached hydrogens (primary N) is 1. The zero-order valence-electron chi connectivity index (χ0n) is 9.24. The van der Waals surface area contributed by atoms with Crippen LogP contribution in [0.15, 0.2) is 48.5 Å². The van der Waals surface area contributed by atoms with Gasteiger partial charge < -0.3 is 5.73 Å². The third-order valence-corrected chi connectivity index (χ3v) is 3.13. The highest BCUT2D eigenvalue weighted by molar-refractivity contribution is 6.30. The molecule has 0 aliphatic rings. The van der Waals surface area contributed by atoms with Crippen molar-refractivity contribution in [1.29, 1.82) is 0 Å². The number of hydrogen-bond donors (Lipinski definition) is 1. The minimum atomic E-state index is -0.0364. The van der Waals surface area contributed by atoms with Crippen LogP contribution in [-0.4, -0.2) is 0 Å². The summed E-state index contributed by atoms with van der Waals surface area (Å²) in [5.74, 6) is 0. The van der Waals surface area contributed by atoms with Crippen LogP contribution in [0.5, 0.6) is 0 Å². The average Bonchev–Trinajstić information content (AvgIpc) is 2.29. The lowest BCUT2D eigenvalue weighted by Crippen LogP contribution is -2.13. The first-order valence-electron chi connectivity index (χ1n) is 5.40. The van der Waals surface area contributed by atoms with Gasteiger partial charge in [-0.15, -0.1) is 0 Å². The maximum Gasteiger partial charge on any atom is 0.0408 e. The van der Waals surface area contributed by atoms with Crippen molar-refractivity contribution in [2.75, 3.05) is 0 Å². The minimum Gasteiger partial charge on any atom is -0.324 e. The summed E-state index contributed by atoms with van der Waals surface area (Å²) in [7, 11) is 0. The van der Waals surface area contributed by atoms with Crippen LogP contribution in [0.1, 0.15) is 17.2 Å². The van der Waals surface area contributed by atoms with Gasteiger partial charge >= 0.3 is 0 Å². The standard InChI is InChI=1S/C14H13Cl2N/c15-12-6-4-11(5-7-12)14(17)9-10-2-1-3-13(16)8-10/h1-8,14H,9,17H2. The molecular weight excluding hydrogens is 253 g/mol. The fraction of sp³-hybridized carbons (Fsp3) is 0.143. The Labute approximate surface area is 111 Å². The summed E-state index contributed by atoms with van der Waals surface area (Å²) >= 11 is 11.8. The van der Waals surface area contributed by atoms with E-state index in [0.717, 1.165) is 27.6 Å². The Balaban J connectivity index is 2.11. The zero-order chi connectivity index (χ0) is 12.3. The molecular formula is C14H13Cl2N. The zero-order valence-corrected chi connectivity index (χ0v) is 10.7. The summed E-state index contributed by atoms with van der Waals surface area (Å²) in [6, 6.07) is 15.4. The molecule has 0 fully saturated rings. The van der Waals surface area contributed by atoms with Crippen LogP contribution in [0.2, 0.25) is 10.0 Å². The van der Waals surface area contributed by atoms with Crippen molar-refractivity contribution in [3.05, 3.63) is 69.7 Å². The molecule has 17 heavy (non-hydrogen) atoms. The summed E-state index contributed by atoms with van der Waals surface area (Å²) in [5, 5.41) is 1.47. The van der Waals surface area contributed by atoms with Gasteiger partial charge in [-0.2, -0.15) is 0 Å².